The Hall–Kier alpha value is 1.15. The molecule has 62 valence electrons. The maximum absolute atomic E-state index is 8.42. The quantitative estimate of drug-likeness (QED) is 0.600. The van der Waals surface area contributed by atoms with E-state index in [-0.39, 0.29) is 59.0 Å². The average Bonchev–Trinajstić information content (AvgIpc) is 1.65. The summed E-state index contributed by atoms with van der Waals surface area (Å²) in [6.07, 6.45) is -0.509. The first-order valence-electron chi connectivity index (χ1n) is 1.89. The Balaban J connectivity index is -0.0000000417. The summed E-state index contributed by atoms with van der Waals surface area (Å²) in [6, 6.07) is 0. The first-order chi connectivity index (χ1) is 2.81. The molecule has 0 saturated heterocycles. The molecule has 0 rings (SSSR count). The van der Waals surface area contributed by atoms with E-state index in [0.29, 0.717) is 0 Å². The zero-order valence-electron chi connectivity index (χ0n) is 4.73. The Morgan fingerprint density at radius 1 is 1.11 bits per heavy atom. The van der Waals surface area contributed by atoms with Crippen molar-refractivity contribution < 1.29 is 26.2 Å². The number of aliphatic hydroxyl groups excluding tert-OH is 1. The van der Waals surface area contributed by atoms with Crippen LogP contribution in [-0.2, 0) is 21.1 Å². The van der Waals surface area contributed by atoms with Crippen molar-refractivity contribution in [2.24, 2.45) is 11.5 Å². The molecule has 0 unspecified atom stereocenters. The van der Waals surface area contributed by atoms with Crippen molar-refractivity contribution in [2.45, 2.75) is 6.10 Å². The smallest absolute Gasteiger partial charge is 0.390 e. The van der Waals surface area contributed by atoms with Gasteiger partial charge in [-0.3, -0.25) is 0 Å². The van der Waals surface area contributed by atoms with E-state index in [1.54, 1.807) is 0 Å². The molecule has 0 fully saturated rings. The zero-order valence-corrected chi connectivity index (χ0v) is 8.63. The van der Waals surface area contributed by atoms with Gasteiger partial charge in [-0.25, -0.2) is 0 Å². The Morgan fingerprint density at radius 2 is 1.33 bits per heavy atom. The standard InChI is InChI=1S/C3H10N2O.2ClH.Pt/c4-1-3(6)2-5;;;/h3,6H,1-2,4-5H2;2*1H;/q;;;+2. The molecule has 0 bridgehead atoms. The maximum Gasteiger partial charge on any atom is 2.00 e. The van der Waals surface area contributed by atoms with E-state index >= 15 is 0 Å². The van der Waals surface area contributed by atoms with Crippen molar-refractivity contribution in [1.29, 1.82) is 0 Å². The van der Waals surface area contributed by atoms with E-state index in [0.717, 1.165) is 0 Å². The largest absolute Gasteiger partial charge is 2.00 e. The summed E-state index contributed by atoms with van der Waals surface area (Å²) < 4.78 is 0. The fourth-order valence-corrected chi connectivity index (χ4v) is 0.0962. The fourth-order valence-electron chi connectivity index (χ4n) is 0.0962. The molecule has 5 N–H and O–H groups in total. The SMILES string of the molecule is Cl.Cl.NCC(O)CN.[Pt+2]. The van der Waals surface area contributed by atoms with Crippen LogP contribution in [-0.4, -0.2) is 24.3 Å². The van der Waals surface area contributed by atoms with Crippen LogP contribution in [0.2, 0.25) is 0 Å². The molecule has 0 aromatic heterocycles. The van der Waals surface area contributed by atoms with Crippen LogP contribution in [0.25, 0.3) is 0 Å². The number of nitrogens with two attached hydrogens (primary N) is 2. The second-order valence-corrected chi connectivity index (χ2v) is 1.13. The van der Waals surface area contributed by atoms with Gasteiger partial charge in [0.05, 0.1) is 6.10 Å². The number of hydrogen-bond donors (Lipinski definition) is 3. The first kappa shape index (κ1) is 22.5. The molecule has 6 heteroatoms. The number of aliphatic hydroxyl groups is 1. The maximum atomic E-state index is 8.42. The van der Waals surface area contributed by atoms with E-state index in [1.165, 1.54) is 0 Å². The molecule has 0 amide bonds. The molecular weight excluding hydrogens is 346 g/mol. The summed E-state index contributed by atoms with van der Waals surface area (Å²) in [6.45, 7) is 0.521. The third-order valence-corrected chi connectivity index (χ3v) is 0.544. The van der Waals surface area contributed by atoms with Crippen molar-refractivity contribution in [2.75, 3.05) is 13.1 Å². The van der Waals surface area contributed by atoms with Crippen LogP contribution in [0.4, 0.5) is 0 Å². The molecule has 0 aliphatic heterocycles. The van der Waals surface area contributed by atoms with Crippen molar-refractivity contribution in [3.63, 3.8) is 0 Å². The van der Waals surface area contributed by atoms with Crippen LogP contribution in [0.15, 0.2) is 0 Å². The minimum Gasteiger partial charge on any atom is -0.390 e. The van der Waals surface area contributed by atoms with E-state index in [2.05, 4.69) is 0 Å². The van der Waals surface area contributed by atoms with Crippen molar-refractivity contribution >= 4 is 24.8 Å². The normalized spacial score (nSPS) is 6.67. The fraction of sp³-hybridized carbons (Fsp3) is 1.00. The van der Waals surface area contributed by atoms with Gasteiger partial charge in [0, 0.05) is 13.1 Å². The van der Waals surface area contributed by atoms with E-state index in [1.807, 2.05) is 0 Å². The van der Waals surface area contributed by atoms with Crippen LogP contribution < -0.4 is 11.5 Å². The third-order valence-electron chi connectivity index (χ3n) is 0.544. The predicted octanol–water partition coefficient (Wildman–Crippen LogP) is -0.894. The van der Waals surface area contributed by atoms with Crippen molar-refractivity contribution in [3.05, 3.63) is 0 Å². The molecule has 0 aromatic rings. The van der Waals surface area contributed by atoms with Gasteiger partial charge in [0.15, 0.2) is 0 Å². The van der Waals surface area contributed by atoms with Gasteiger partial charge >= 0.3 is 21.1 Å². The van der Waals surface area contributed by atoms with Gasteiger partial charge in [-0.05, 0) is 0 Å². The second kappa shape index (κ2) is 16.1. The molecule has 0 saturated carbocycles. The van der Waals surface area contributed by atoms with Gasteiger partial charge in [0.1, 0.15) is 0 Å². The summed E-state index contributed by atoms with van der Waals surface area (Å²) in [7, 11) is 0. The van der Waals surface area contributed by atoms with E-state index in [9.17, 15) is 0 Å². The van der Waals surface area contributed by atoms with Gasteiger partial charge in [-0.2, -0.15) is 0 Å². The van der Waals surface area contributed by atoms with Gasteiger partial charge in [0.25, 0.3) is 0 Å². The summed E-state index contributed by atoms with van der Waals surface area (Å²) in [5.74, 6) is 0. The summed E-state index contributed by atoms with van der Waals surface area (Å²) in [5.41, 5.74) is 9.91. The van der Waals surface area contributed by atoms with Crippen LogP contribution in [0.3, 0.4) is 0 Å². The third kappa shape index (κ3) is 17.6. The van der Waals surface area contributed by atoms with Crippen molar-refractivity contribution in [3.8, 4) is 0 Å². The van der Waals surface area contributed by atoms with Crippen LogP contribution >= 0.6 is 24.8 Å². The van der Waals surface area contributed by atoms with E-state index < -0.39 is 6.10 Å². The molecule has 0 aliphatic rings. The number of halogens is 2. The zero-order chi connectivity index (χ0) is 4.99. The van der Waals surface area contributed by atoms with E-state index in [4.69, 9.17) is 16.6 Å². The van der Waals surface area contributed by atoms with Crippen LogP contribution in [0, 0.1) is 0 Å². The summed E-state index contributed by atoms with van der Waals surface area (Å²) in [5, 5.41) is 8.42. The van der Waals surface area contributed by atoms with Crippen LogP contribution in [0.1, 0.15) is 0 Å². The van der Waals surface area contributed by atoms with Crippen molar-refractivity contribution in [1.82, 2.24) is 0 Å². The molecule has 0 radical (unpaired) electrons. The molecule has 0 spiro atoms. The summed E-state index contributed by atoms with van der Waals surface area (Å²) in [4.78, 5) is 0. The Labute approximate surface area is 81.6 Å². The minimum absolute atomic E-state index is 0. The molecular formula is C3H12Cl2N2OPt+2. The molecule has 9 heavy (non-hydrogen) atoms. The van der Waals surface area contributed by atoms with Gasteiger partial charge in [-0.15, -0.1) is 24.8 Å². The molecule has 0 aliphatic carbocycles. The Morgan fingerprint density at radius 3 is 1.33 bits per heavy atom. The number of rotatable bonds is 2. The van der Waals surface area contributed by atoms with Gasteiger partial charge in [0.2, 0.25) is 0 Å². The predicted molar refractivity (Wildman–Crippen MR) is 38.6 cm³/mol. The second-order valence-electron chi connectivity index (χ2n) is 1.13. The Kier molecular flexibility index (Phi) is 40.1. The molecule has 0 atom stereocenters. The minimum atomic E-state index is -0.509. The molecule has 0 aromatic carbocycles. The topological polar surface area (TPSA) is 72.3 Å². The number of hydrogen-bond acceptors (Lipinski definition) is 3. The van der Waals surface area contributed by atoms with Crippen LogP contribution in [0.5, 0.6) is 0 Å². The van der Waals surface area contributed by atoms with Gasteiger partial charge in [-0.1, -0.05) is 0 Å². The average molecular weight is 358 g/mol. The monoisotopic (exact) mass is 357 g/mol. The molecule has 3 nitrogen and oxygen atoms in total. The van der Waals surface area contributed by atoms with Gasteiger partial charge < -0.3 is 16.6 Å². The molecule has 0 heterocycles. The summed E-state index contributed by atoms with van der Waals surface area (Å²) >= 11 is 0. The Bertz CT molecular complexity index is 39.0. The first-order valence-corrected chi connectivity index (χ1v) is 1.89.